The van der Waals surface area contributed by atoms with Crippen LogP contribution in [0, 0.1) is 0 Å². The minimum Gasteiger partial charge on any atom is -0.368 e. The molecule has 0 spiro atoms. The van der Waals surface area contributed by atoms with Crippen molar-refractivity contribution >= 4 is 117 Å². The highest BCUT2D eigenvalue weighted by molar-refractivity contribution is 6.01. The highest BCUT2D eigenvalue weighted by Crippen LogP contribution is 2.20. The van der Waals surface area contributed by atoms with Crippen LogP contribution in [0.1, 0.15) is 173 Å². The number of nitrogens with two attached hydrogens (primary N) is 5. The number of carbonyl (C=O) groups is 18. The Morgan fingerprint density at radius 1 is 0.281 bits per heavy atom. The van der Waals surface area contributed by atoms with Gasteiger partial charge in [-0.1, -0.05) is 18.2 Å². The van der Waals surface area contributed by atoms with Crippen LogP contribution in [0.2, 0.25) is 0 Å². The van der Waals surface area contributed by atoms with Crippen LogP contribution in [-0.4, -0.2) is 240 Å². The molecule has 0 radical (unpaired) electrons. The lowest BCUT2D eigenvalue weighted by atomic mass is 10.0. The third-order valence-corrected chi connectivity index (χ3v) is 18.2. The van der Waals surface area contributed by atoms with E-state index in [0.717, 1.165) is 16.5 Å². The third-order valence-electron chi connectivity index (χ3n) is 18.2. The zero-order valence-electron chi connectivity index (χ0n) is 67.5. The SMILES string of the molecule is CC(=O)N[C@@H](Cc1c[nH]c2ccccc12)C(=O)N[C@@H](CCCCN)C(=O)N[C@@H](C)C(=O)N[C@@H](C)C(=O)N[C@@H](C)C(=O)N[C@@H](CCCCN)C(=O)N[C@@H](C)C(=O)N[C@@H](C)C(=O)N[C@@H](C)C(=O)N[C@@H](C)C(=O)N[C@@H](CCCCN)C(=O)N[C@@H](C)C(=O)N[C@@H](C)C(=O)N[C@@H](C)C(=O)N[C@@H](CCCCN)C(=O)N[C@@H](C)C(=O)N[C@@H](C)C(N)=O. The van der Waals surface area contributed by atoms with Crippen molar-refractivity contribution in [1.82, 2.24) is 95.4 Å². The summed E-state index contributed by atoms with van der Waals surface area (Å²) in [4.78, 5) is 242. The molecule has 0 saturated carbocycles. The number of aromatic amines is 1. The normalized spacial score (nSPS) is 15.6. The predicted octanol–water partition coefficient (Wildman–Crippen LogP) is -6.79. The Balaban J connectivity index is 1.99. The van der Waals surface area contributed by atoms with Crippen molar-refractivity contribution in [1.29, 1.82) is 0 Å². The lowest BCUT2D eigenvalue weighted by Gasteiger charge is -2.25. The van der Waals surface area contributed by atoms with Crippen molar-refractivity contribution in [3.05, 3.63) is 36.0 Å². The average molecular weight is 1610 g/mol. The number of nitrogens with one attached hydrogen (secondary N) is 18. The second-order valence-corrected chi connectivity index (χ2v) is 28.4. The maximum absolute atomic E-state index is 13.8. The summed E-state index contributed by atoms with van der Waals surface area (Å²) < 4.78 is 0. The van der Waals surface area contributed by atoms with Crippen LogP contribution < -0.4 is 119 Å². The number of primary amides is 1. The molecule has 1 heterocycles. The van der Waals surface area contributed by atoms with Gasteiger partial charge in [-0.25, -0.2) is 0 Å². The predicted molar refractivity (Wildman–Crippen MR) is 419 cm³/mol. The molecule has 0 saturated heterocycles. The fourth-order valence-electron chi connectivity index (χ4n) is 10.9. The van der Waals surface area contributed by atoms with E-state index in [1.807, 2.05) is 24.3 Å². The van der Waals surface area contributed by atoms with Gasteiger partial charge in [-0.15, -0.1) is 0 Å². The summed E-state index contributed by atoms with van der Waals surface area (Å²) in [5, 5.41) is 43.4. The van der Waals surface area contributed by atoms with Crippen LogP contribution in [0.15, 0.2) is 30.5 Å². The average Bonchev–Trinajstić information content (AvgIpc) is 1.67. The number of hydrogen-bond acceptors (Lipinski definition) is 22. The molecule has 1 aromatic carbocycles. The van der Waals surface area contributed by atoms with Crippen LogP contribution in [-0.2, 0) is 92.7 Å². The molecule has 114 heavy (non-hydrogen) atoms. The first-order valence-corrected chi connectivity index (χ1v) is 38.4. The van der Waals surface area contributed by atoms with Crippen molar-refractivity contribution < 1.29 is 86.3 Å². The van der Waals surface area contributed by atoms with E-state index in [1.165, 1.54) is 90.0 Å². The van der Waals surface area contributed by atoms with Gasteiger partial charge in [0.25, 0.3) is 0 Å². The minimum atomic E-state index is -1.33. The van der Waals surface area contributed by atoms with Crippen molar-refractivity contribution in [2.75, 3.05) is 26.2 Å². The van der Waals surface area contributed by atoms with E-state index < -0.39 is 209 Å². The molecular formula is C73H123N23O18. The molecule has 1 aromatic heterocycles. The van der Waals surface area contributed by atoms with Gasteiger partial charge < -0.3 is 124 Å². The van der Waals surface area contributed by atoms with Gasteiger partial charge in [0.1, 0.15) is 103 Å². The first-order valence-electron chi connectivity index (χ1n) is 38.4. The Kier molecular flexibility index (Phi) is 44.3. The van der Waals surface area contributed by atoms with E-state index in [9.17, 15) is 86.3 Å². The number of fused-ring (bicyclic) bond motifs is 1. The first kappa shape index (κ1) is 99.1. The molecule has 2 aromatic rings. The van der Waals surface area contributed by atoms with E-state index >= 15 is 0 Å². The fraction of sp³-hybridized carbons (Fsp3) is 0.644. The molecule has 41 nitrogen and oxygen atoms in total. The highest BCUT2D eigenvalue weighted by atomic mass is 16.2. The number of benzene rings is 1. The minimum absolute atomic E-state index is 0.0259. The summed E-state index contributed by atoms with van der Waals surface area (Å²) in [5.41, 5.74) is 29.5. The van der Waals surface area contributed by atoms with Gasteiger partial charge in [0, 0.05) is 30.4 Å². The molecule has 17 atom stereocenters. The molecular weight excluding hydrogens is 1490 g/mol. The second-order valence-electron chi connectivity index (χ2n) is 28.4. The summed E-state index contributed by atoms with van der Waals surface area (Å²) in [5.74, 6) is -14.1. The maximum atomic E-state index is 13.8. The van der Waals surface area contributed by atoms with Gasteiger partial charge in [-0.2, -0.15) is 0 Å². The molecule has 18 amide bonds. The summed E-state index contributed by atoms with van der Waals surface area (Å²) in [7, 11) is 0. The van der Waals surface area contributed by atoms with E-state index in [1.54, 1.807) is 6.20 Å². The standard InChI is InChI=1S/C73H123N23O18/c1-36(57(78)98)80-58(99)41(6)88-69(110)52(26-16-20-30-74)93-66(107)46(11)86-61(102)39(4)83-64(105)43(8)90-71(112)54(28-18-22-32-76)94-67(108)45(10)85-60(101)38(3)81-59(100)37(2)82-63(104)42(7)89-70(111)53(27-17-21-31-75)95-68(109)47(12)87-62(103)40(5)84-65(106)44(9)91-72(113)55(29-19-23-33-77)96-73(114)56(92-48(13)97)34-49-35-79-51-25-15-14-24-50(49)51/h14-15,24-25,35-47,52-56,79H,16-23,26-34,74-77H2,1-13H3,(H2,78,98)(H,80,99)(H,81,100)(H,82,104)(H,83,105)(H,84,106)(H,85,101)(H,86,102)(H,87,103)(H,88,110)(H,89,111)(H,90,112)(H,91,113)(H,92,97)(H,93,107)(H,94,108)(H,95,109)(H,96,114)/t36-,37-,38-,39-,40-,41-,42-,43-,44-,45-,46-,47-,52-,53-,54-,55-,56-/m0/s1. The highest BCUT2D eigenvalue weighted by Gasteiger charge is 2.35. The van der Waals surface area contributed by atoms with Crippen molar-refractivity contribution in [3.8, 4) is 0 Å². The fourth-order valence-corrected chi connectivity index (χ4v) is 10.9. The van der Waals surface area contributed by atoms with Crippen LogP contribution in [0.5, 0.6) is 0 Å². The summed E-state index contributed by atoms with van der Waals surface area (Å²) in [6.45, 7) is 18.1. The number of aromatic nitrogens is 1. The number of rotatable bonds is 52. The molecule has 638 valence electrons. The quantitative estimate of drug-likeness (QED) is 0.0274. The largest absolute Gasteiger partial charge is 0.368 e. The Bertz CT molecular complexity index is 3640. The zero-order valence-corrected chi connectivity index (χ0v) is 67.5. The number of carbonyl (C=O) groups excluding carboxylic acids is 18. The summed E-state index contributed by atoms with van der Waals surface area (Å²) in [6.07, 6.45) is 5.47. The maximum Gasteiger partial charge on any atom is 0.243 e. The van der Waals surface area contributed by atoms with Gasteiger partial charge in [0.05, 0.1) is 0 Å². The smallest absolute Gasteiger partial charge is 0.243 e. The number of H-pyrrole nitrogens is 1. The van der Waals surface area contributed by atoms with Crippen molar-refractivity contribution in [2.45, 2.75) is 276 Å². The van der Waals surface area contributed by atoms with Gasteiger partial charge >= 0.3 is 0 Å². The molecule has 0 bridgehead atoms. The van der Waals surface area contributed by atoms with Crippen molar-refractivity contribution in [3.63, 3.8) is 0 Å². The number of hydrogen-bond donors (Lipinski definition) is 23. The summed E-state index contributed by atoms with van der Waals surface area (Å²) in [6, 6.07) is -13.7. The van der Waals surface area contributed by atoms with E-state index in [0.29, 0.717) is 57.9 Å². The van der Waals surface area contributed by atoms with Crippen LogP contribution in [0.4, 0.5) is 0 Å². The van der Waals surface area contributed by atoms with Gasteiger partial charge in [-0.05, 0) is 198 Å². The van der Waals surface area contributed by atoms with Gasteiger partial charge in [0.15, 0.2) is 0 Å². The van der Waals surface area contributed by atoms with Crippen molar-refractivity contribution in [2.24, 2.45) is 28.7 Å². The monoisotopic (exact) mass is 1610 g/mol. The molecule has 41 heteroatoms. The Morgan fingerprint density at radius 2 is 0.491 bits per heavy atom. The molecule has 0 aliphatic carbocycles. The topological polar surface area (TPSA) is 658 Å². The molecule has 0 fully saturated rings. The Morgan fingerprint density at radius 3 is 0.728 bits per heavy atom. The van der Waals surface area contributed by atoms with E-state index in [2.05, 4.69) is 95.4 Å². The lowest BCUT2D eigenvalue weighted by Crippen LogP contribution is -2.59. The Hall–Kier alpha value is -10.9. The summed E-state index contributed by atoms with van der Waals surface area (Å²) >= 11 is 0. The van der Waals surface area contributed by atoms with Crippen LogP contribution in [0.3, 0.4) is 0 Å². The van der Waals surface area contributed by atoms with Crippen LogP contribution in [0.25, 0.3) is 10.9 Å². The molecule has 0 aliphatic heterocycles. The lowest BCUT2D eigenvalue weighted by molar-refractivity contribution is -0.135. The van der Waals surface area contributed by atoms with E-state index in [4.69, 9.17) is 28.7 Å². The zero-order chi connectivity index (χ0) is 86.2. The van der Waals surface area contributed by atoms with Crippen LogP contribution >= 0.6 is 0 Å². The molecule has 0 unspecified atom stereocenters. The number of amides is 18. The van der Waals surface area contributed by atoms with E-state index in [-0.39, 0.29) is 51.7 Å². The molecule has 28 N–H and O–H groups in total. The number of para-hydroxylation sites is 1. The third kappa shape index (κ3) is 35.4. The Labute approximate surface area is 663 Å². The molecule has 0 aliphatic rings. The van der Waals surface area contributed by atoms with Gasteiger partial charge in [-0.3, -0.25) is 86.3 Å². The second kappa shape index (κ2) is 50.9. The first-order chi connectivity index (χ1) is 53.6. The van der Waals surface area contributed by atoms with Gasteiger partial charge in [0.2, 0.25) is 106 Å². The molecule has 2 rings (SSSR count). The number of unbranched alkanes of at least 4 members (excludes halogenated alkanes) is 4.